The summed E-state index contributed by atoms with van der Waals surface area (Å²) in [6.07, 6.45) is 5.45. The molecule has 0 aliphatic heterocycles. The molecule has 124 valence electrons. The van der Waals surface area contributed by atoms with Gasteiger partial charge in [-0.1, -0.05) is 23.2 Å². The molecule has 2 aromatic rings. The number of nitrogens with two attached hydrogens (primary N) is 1. The summed E-state index contributed by atoms with van der Waals surface area (Å²) in [6, 6.07) is 5.14. The summed E-state index contributed by atoms with van der Waals surface area (Å²) in [6.45, 7) is 0.483. The van der Waals surface area contributed by atoms with Crippen LogP contribution >= 0.6 is 35.6 Å². The molecule has 5 nitrogen and oxygen atoms in total. The van der Waals surface area contributed by atoms with Crippen LogP contribution in [0.3, 0.4) is 0 Å². The monoisotopic (exact) mass is 374 g/mol. The molecule has 0 saturated heterocycles. The maximum atomic E-state index is 12.1. The van der Waals surface area contributed by atoms with Crippen molar-refractivity contribution >= 4 is 41.5 Å². The number of rotatable bonds is 5. The van der Waals surface area contributed by atoms with Gasteiger partial charge in [-0.15, -0.1) is 12.4 Å². The first-order chi connectivity index (χ1) is 10.5. The highest BCUT2D eigenvalue weighted by atomic mass is 35.5. The van der Waals surface area contributed by atoms with Gasteiger partial charge < -0.3 is 11.1 Å². The Labute approximate surface area is 150 Å². The van der Waals surface area contributed by atoms with Crippen LogP contribution in [0.2, 0.25) is 10.0 Å². The fourth-order valence-corrected chi connectivity index (χ4v) is 2.74. The zero-order chi connectivity index (χ0) is 15.7. The molecule has 3 rings (SSSR count). The summed E-state index contributed by atoms with van der Waals surface area (Å²) in [5.74, 6) is 0.364. The molecule has 1 amide bonds. The van der Waals surface area contributed by atoms with Gasteiger partial charge in [0.2, 0.25) is 0 Å². The molecule has 8 heteroatoms. The average Bonchev–Trinajstić information content (AvgIpc) is 3.22. The highest BCUT2D eigenvalue weighted by molar-refractivity contribution is 6.35. The lowest BCUT2D eigenvalue weighted by Gasteiger charge is -2.10. The smallest absolute Gasteiger partial charge is 0.254 e. The predicted octanol–water partition coefficient (Wildman–Crippen LogP) is 3.07. The van der Waals surface area contributed by atoms with Crippen LogP contribution < -0.4 is 11.1 Å². The SMILES string of the molecule is Cl.NC(CNC(=O)c1cnn(-c2ccc(Cl)cc2Cl)c1)C1CC1. The number of amides is 1. The Morgan fingerprint density at radius 1 is 1.43 bits per heavy atom. The standard InChI is InChI=1S/C15H16Cl2N4O.ClH/c16-11-3-4-14(12(17)5-11)21-8-10(6-20-21)15(22)19-7-13(18)9-1-2-9;/h3-6,8-9,13H,1-2,7,18H2,(H,19,22);1H. The number of hydrogen-bond donors (Lipinski definition) is 2. The summed E-state index contributed by atoms with van der Waals surface area (Å²) in [5, 5.41) is 8.03. The van der Waals surface area contributed by atoms with Gasteiger partial charge in [0.05, 0.1) is 22.5 Å². The Balaban J connectivity index is 0.00000192. The Hall–Kier alpha value is -1.27. The minimum Gasteiger partial charge on any atom is -0.350 e. The molecule has 0 spiro atoms. The molecule has 0 radical (unpaired) electrons. The summed E-state index contributed by atoms with van der Waals surface area (Å²) in [7, 11) is 0. The minimum atomic E-state index is -0.188. The number of carbonyl (C=O) groups excluding carboxylic acids is 1. The molecule has 1 unspecified atom stereocenters. The van der Waals surface area contributed by atoms with Crippen LogP contribution in [0.1, 0.15) is 23.2 Å². The van der Waals surface area contributed by atoms with Crippen molar-refractivity contribution in [3.05, 3.63) is 46.2 Å². The highest BCUT2D eigenvalue weighted by Gasteiger charge is 2.28. The quantitative estimate of drug-likeness (QED) is 0.843. The van der Waals surface area contributed by atoms with E-state index < -0.39 is 0 Å². The van der Waals surface area contributed by atoms with E-state index in [2.05, 4.69) is 10.4 Å². The van der Waals surface area contributed by atoms with Crippen LogP contribution in [0, 0.1) is 5.92 Å². The Kier molecular flexibility index (Phi) is 5.92. The topological polar surface area (TPSA) is 72.9 Å². The third kappa shape index (κ3) is 4.38. The number of halogens is 3. The summed E-state index contributed by atoms with van der Waals surface area (Å²) < 4.78 is 1.55. The van der Waals surface area contributed by atoms with Gasteiger partial charge in [0.25, 0.3) is 5.91 Å². The lowest BCUT2D eigenvalue weighted by Crippen LogP contribution is -2.38. The van der Waals surface area contributed by atoms with Crippen molar-refractivity contribution in [2.24, 2.45) is 11.7 Å². The molecule has 0 bridgehead atoms. The maximum Gasteiger partial charge on any atom is 0.254 e. The second-order valence-corrected chi connectivity index (χ2v) is 6.32. The van der Waals surface area contributed by atoms with Crippen LogP contribution in [0.4, 0.5) is 0 Å². The largest absolute Gasteiger partial charge is 0.350 e. The summed E-state index contributed by atoms with van der Waals surface area (Å²) in [4.78, 5) is 12.1. The lowest BCUT2D eigenvalue weighted by atomic mass is 10.2. The maximum absolute atomic E-state index is 12.1. The number of hydrogen-bond acceptors (Lipinski definition) is 3. The van der Waals surface area contributed by atoms with E-state index in [4.69, 9.17) is 28.9 Å². The van der Waals surface area contributed by atoms with Crippen LogP contribution in [-0.2, 0) is 0 Å². The third-order valence-electron chi connectivity index (χ3n) is 3.73. The van der Waals surface area contributed by atoms with Crippen molar-refractivity contribution in [1.29, 1.82) is 0 Å². The van der Waals surface area contributed by atoms with E-state index >= 15 is 0 Å². The van der Waals surface area contributed by atoms with E-state index in [1.807, 2.05) is 0 Å². The molecule has 1 atom stereocenters. The van der Waals surface area contributed by atoms with E-state index in [0.717, 1.165) is 12.8 Å². The second-order valence-electron chi connectivity index (χ2n) is 5.48. The van der Waals surface area contributed by atoms with Gasteiger partial charge in [-0.05, 0) is 37.0 Å². The molecule has 1 aromatic carbocycles. The van der Waals surface area contributed by atoms with Gasteiger partial charge in [0, 0.05) is 23.8 Å². The van der Waals surface area contributed by atoms with E-state index in [9.17, 15) is 4.79 Å². The van der Waals surface area contributed by atoms with Gasteiger partial charge in [-0.25, -0.2) is 4.68 Å². The molecular weight excluding hydrogens is 359 g/mol. The van der Waals surface area contributed by atoms with Crippen molar-refractivity contribution in [1.82, 2.24) is 15.1 Å². The fourth-order valence-electron chi connectivity index (χ4n) is 2.24. The summed E-state index contributed by atoms with van der Waals surface area (Å²) in [5.41, 5.74) is 7.10. The molecule has 1 aliphatic carbocycles. The first-order valence-electron chi connectivity index (χ1n) is 7.08. The predicted molar refractivity (Wildman–Crippen MR) is 93.9 cm³/mol. The van der Waals surface area contributed by atoms with E-state index in [1.54, 1.807) is 29.1 Å². The molecule has 1 saturated carbocycles. The zero-order valence-electron chi connectivity index (χ0n) is 12.2. The Bertz CT molecular complexity index is 700. The van der Waals surface area contributed by atoms with Crippen LogP contribution in [0.25, 0.3) is 5.69 Å². The van der Waals surface area contributed by atoms with Gasteiger partial charge in [0.15, 0.2) is 0 Å². The number of benzene rings is 1. The fraction of sp³-hybridized carbons (Fsp3) is 0.333. The van der Waals surface area contributed by atoms with Gasteiger partial charge in [0.1, 0.15) is 0 Å². The molecule has 1 heterocycles. The number of nitrogens with one attached hydrogen (secondary N) is 1. The van der Waals surface area contributed by atoms with Crippen molar-refractivity contribution in [2.45, 2.75) is 18.9 Å². The van der Waals surface area contributed by atoms with Crippen LogP contribution in [-0.4, -0.2) is 28.3 Å². The molecule has 1 fully saturated rings. The number of carbonyl (C=O) groups is 1. The van der Waals surface area contributed by atoms with Gasteiger partial charge in [-0.3, -0.25) is 4.79 Å². The van der Waals surface area contributed by atoms with E-state index in [1.165, 1.54) is 6.20 Å². The van der Waals surface area contributed by atoms with Crippen LogP contribution in [0.15, 0.2) is 30.6 Å². The van der Waals surface area contributed by atoms with Crippen molar-refractivity contribution in [3.8, 4) is 5.69 Å². The third-order valence-corrected chi connectivity index (χ3v) is 4.26. The first kappa shape index (κ1) is 18.1. The first-order valence-corrected chi connectivity index (χ1v) is 7.84. The van der Waals surface area contributed by atoms with E-state index in [0.29, 0.717) is 33.8 Å². The molecule has 1 aliphatic rings. The number of nitrogens with zero attached hydrogens (tertiary/aromatic N) is 2. The molecule has 23 heavy (non-hydrogen) atoms. The minimum absolute atomic E-state index is 0. The molecular formula is C15H17Cl3N4O. The second kappa shape index (κ2) is 7.53. The van der Waals surface area contributed by atoms with Crippen molar-refractivity contribution < 1.29 is 4.79 Å². The van der Waals surface area contributed by atoms with Crippen molar-refractivity contribution in [2.75, 3.05) is 6.54 Å². The molecule has 1 aromatic heterocycles. The van der Waals surface area contributed by atoms with E-state index in [-0.39, 0.29) is 24.4 Å². The molecule has 3 N–H and O–H groups in total. The zero-order valence-corrected chi connectivity index (χ0v) is 14.5. The van der Waals surface area contributed by atoms with Crippen molar-refractivity contribution in [3.63, 3.8) is 0 Å². The highest BCUT2D eigenvalue weighted by Crippen LogP contribution is 2.31. The van der Waals surface area contributed by atoms with Gasteiger partial charge in [-0.2, -0.15) is 5.10 Å². The number of aromatic nitrogens is 2. The lowest BCUT2D eigenvalue weighted by molar-refractivity contribution is 0.0950. The van der Waals surface area contributed by atoms with Gasteiger partial charge >= 0.3 is 0 Å². The Morgan fingerprint density at radius 2 is 2.17 bits per heavy atom. The summed E-state index contributed by atoms with van der Waals surface area (Å²) >= 11 is 12.0. The van der Waals surface area contributed by atoms with Crippen LogP contribution in [0.5, 0.6) is 0 Å². The normalized spacial score (nSPS) is 14.9. The average molecular weight is 376 g/mol. The Morgan fingerprint density at radius 3 is 2.83 bits per heavy atom.